The van der Waals surface area contributed by atoms with Gasteiger partial charge in [-0.3, -0.25) is 4.79 Å². The van der Waals surface area contributed by atoms with Crippen molar-refractivity contribution in [1.82, 2.24) is 0 Å². The molecule has 0 spiro atoms. The Hall–Kier alpha value is -0.463. The Bertz CT molecular complexity index is 360. The molecule has 0 rings (SSSR count). The topological polar surface area (TPSA) is 66.4 Å². The molecule has 0 fully saturated rings. The Kier molecular flexibility index (Phi) is 19.1. The molecule has 0 aromatic heterocycles. The molecular weight excluding hydrogens is 323 g/mol. The minimum absolute atomic E-state index is 0. The number of carbonyl (C=O) groups excluding carboxylic acids is 2. The van der Waals surface area contributed by atoms with Crippen molar-refractivity contribution >= 4 is 11.9 Å². The predicted molar refractivity (Wildman–Crippen MR) is 100 cm³/mol. The summed E-state index contributed by atoms with van der Waals surface area (Å²) in [6.45, 7) is 6.28. The maximum absolute atomic E-state index is 11.7. The Morgan fingerprint density at radius 2 is 1.19 bits per heavy atom. The van der Waals surface area contributed by atoms with Crippen LogP contribution in [0.15, 0.2) is 0 Å². The third-order valence-electron chi connectivity index (χ3n) is 4.77. The SMILES string of the molecule is CCCCCCCCCCCCC(C)(CCCC)OC(=O)CC(=O)[O-].[Li+]. The second-order valence-corrected chi connectivity index (χ2v) is 7.51. The number of carboxylic acid groups (broad SMARTS) is 1. The maximum Gasteiger partial charge on any atom is 1.00 e. The van der Waals surface area contributed by atoms with Gasteiger partial charge in [-0.1, -0.05) is 78.1 Å². The number of unbranched alkanes of at least 4 members (excludes halogenated alkanes) is 10. The molecule has 0 aliphatic rings. The van der Waals surface area contributed by atoms with Gasteiger partial charge >= 0.3 is 24.8 Å². The average molecular weight is 362 g/mol. The number of hydrogen-bond acceptors (Lipinski definition) is 4. The summed E-state index contributed by atoms with van der Waals surface area (Å²) in [5.41, 5.74) is -0.539. The molecule has 0 N–H and O–H groups in total. The van der Waals surface area contributed by atoms with Crippen molar-refractivity contribution in [2.24, 2.45) is 0 Å². The molecule has 0 aliphatic heterocycles. The molecule has 4 nitrogen and oxygen atoms in total. The molecule has 0 aliphatic carbocycles. The molecule has 0 amide bonds. The minimum atomic E-state index is -1.37. The van der Waals surface area contributed by atoms with Crippen LogP contribution in [0.25, 0.3) is 0 Å². The summed E-state index contributed by atoms with van der Waals surface area (Å²) in [4.78, 5) is 22.2. The molecule has 0 aromatic carbocycles. The van der Waals surface area contributed by atoms with Crippen LogP contribution < -0.4 is 24.0 Å². The van der Waals surface area contributed by atoms with Gasteiger partial charge in [0.1, 0.15) is 5.60 Å². The average Bonchev–Trinajstić information content (AvgIpc) is 2.54. The Morgan fingerprint density at radius 1 is 0.769 bits per heavy atom. The maximum atomic E-state index is 11.7. The van der Waals surface area contributed by atoms with Crippen LogP contribution in [-0.4, -0.2) is 17.5 Å². The number of carboxylic acids is 1. The number of aliphatic carboxylic acids is 1. The molecule has 0 bridgehead atoms. The van der Waals surface area contributed by atoms with E-state index < -0.39 is 24.0 Å². The smallest absolute Gasteiger partial charge is 0.550 e. The normalized spacial score (nSPS) is 12.9. The zero-order valence-electron chi connectivity index (χ0n) is 17.7. The van der Waals surface area contributed by atoms with E-state index in [1.165, 1.54) is 51.4 Å². The molecule has 26 heavy (non-hydrogen) atoms. The summed E-state index contributed by atoms with van der Waals surface area (Å²) >= 11 is 0. The fourth-order valence-electron chi connectivity index (χ4n) is 3.19. The van der Waals surface area contributed by atoms with E-state index >= 15 is 0 Å². The van der Waals surface area contributed by atoms with Crippen molar-refractivity contribution in [1.29, 1.82) is 0 Å². The van der Waals surface area contributed by atoms with Gasteiger partial charge in [0, 0.05) is 0 Å². The summed E-state index contributed by atoms with van der Waals surface area (Å²) in [5.74, 6) is -2.05. The van der Waals surface area contributed by atoms with Gasteiger partial charge in [-0.2, -0.15) is 0 Å². The number of ether oxygens (including phenoxy) is 1. The van der Waals surface area contributed by atoms with E-state index in [1.54, 1.807) is 0 Å². The van der Waals surface area contributed by atoms with Crippen LogP contribution >= 0.6 is 0 Å². The fourth-order valence-corrected chi connectivity index (χ4v) is 3.19. The largest absolute Gasteiger partial charge is 1.00 e. The fraction of sp³-hybridized carbons (Fsp3) is 0.905. The number of esters is 1. The first kappa shape index (κ1) is 27.8. The molecule has 0 saturated carbocycles. The van der Waals surface area contributed by atoms with Gasteiger partial charge in [-0.05, 0) is 32.6 Å². The molecule has 0 radical (unpaired) electrons. The van der Waals surface area contributed by atoms with Gasteiger partial charge in [0.05, 0.1) is 12.4 Å². The second kappa shape index (κ2) is 17.9. The van der Waals surface area contributed by atoms with Crippen LogP contribution in [0, 0.1) is 0 Å². The Balaban J connectivity index is 0. The molecule has 0 saturated heterocycles. The van der Waals surface area contributed by atoms with Crippen LogP contribution in [0.1, 0.15) is 117 Å². The second-order valence-electron chi connectivity index (χ2n) is 7.51. The van der Waals surface area contributed by atoms with Crippen molar-refractivity contribution in [3.63, 3.8) is 0 Å². The molecule has 0 heterocycles. The van der Waals surface area contributed by atoms with Gasteiger partial charge in [0.2, 0.25) is 0 Å². The first-order valence-corrected chi connectivity index (χ1v) is 10.3. The third kappa shape index (κ3) is 17.0. The molecule has 1 unspecified atom stereocenters. The van der Waals surface area contributed by atoms with E-state index in [9.17, 15) is 14.7 Å². The zero-order valence-corrected chi connectivity index (χ0v) is 17.7. The predicted octanol–water partition coefficient (Wildman–Crippen LogP) is 1.93. The summed E-state index contributed by atoms with van der Waals surface area (Å²) < 4.78 is 5.47. The standard InChI is InChI=1S/C21H40O4.Li/c1-4-6-8-9-10-11-12-13-14-15-17-21(3,16-7-5-2)25-20(24)18-19(22)23;/h4-18H2,1-3H3,(H,22,23);/q;+1/p-1. The van der Waals surface area contributed by atoms with Crippen molar-refractivity contribution in [2.75, 3.05) is 0 Å². The van der Waals surface area contributed by atoms with Crippen LogP contribution in [-0.2, 0) is 14.3 Å². The molecule has 1 atom stereocenters. The van der Waals surface area contributed by atoms with Gasteiger partial charge in [-0.25, -0.2) is 0 Å². The zero-order chi connectivity index (χ0) is 19.0. The van der Waals surface area contributed by atoms with Crippen molar-refractivity contribution < 1.29 is 38.3 Å². The molecule has 5 heteroatoms. The Morgan fingerprint density at radius 3 is 1.65 bits per heavy atom. The number of rotatable bonds is 17. The van der Waals surface area contributed by atoms with Crippen LogP contribution in [0.2, 0.25) is 0 Å². The monoisotopic (exact) mass is 362 g/mol. The number of carbonyl (C=O) groups is 2. The molecule has 148 valence electrons. The van der Waals surface area contributed by atoms with E-state index in [4.69, 9.17) is 4.74 Å². The van der Waals surface area contributed by atoms with E-state index in [0.717, 1.165) is 38.5 Å². The summed E-state index contributed by atoms with van der Waals surface area (Å²) in [5, 5.41) is 10.5. The van der Waals surface area contributed by atoms with Gasteiger partial charge < -0.3 is 14.6 Å². The number of hydrogen-bond donors (Lipinski definition) is 0. The first-order valence-electron chi connectivity index (χ1n) is 10.3. The summed E-state index contributed by atoms with van der Waals surface area (Å²) in [6.07, 6.45) is 15.7. The van der Waals surface area contributed by atoms with E-state index in [-0.39, 0.29) is 18.9 Å². The van der Waals surface area contributed by atoms with Crippen molar-refractivity contribution in [2.45, 2.75) is 123 Å². The third-order valence-corrected chi connectivity index (χ3v) is 4.77. The van der Waals surface area contributed by atoms with E-state index in [2.05, 4.69) is 13.8 Å². The van der Waals surface area contributed by atoms with E-state index in [1.807, 2.05) is 6.92 Å². The minimum Gasteiger partial charge on any atom is -0.550 e. The summed E-state index contributed by atoms with van der Waals surface area (Å²) in [7, 11) is 0. The Labute approximate surface area is 173 Å². The molecule has 0 aromatic rings. The quantitative estimate of drug-likeness (QED) is 0.172. The van der Waals surface area contributed by atoms with Crippen LogP contribution in [0.4, 0.5) is 0 Å². The first-order chi connectivity index (χ1) is 11.9. The van der Waals surface area contributed by atoms with Crippen molar-refractivity contribution in [3.05, 3.63) is 0 Å². The summed E-state index contributed by atoms with van der Waals surface area (Å²) in [6, 6.07) is 0. The van der Waals surface area contributed by atoms with Gasteiger partial charge in [0.15, 0.2) is 0 Å². The van der Waals surface area contributed by atoms with Crippen LogP contribution in [0.5, 0.6) is 0 Å². The van der Waals surface area contributed by atoms with Crippen molar-refractivity contribution in [3.8, 4) is 0 Å². The van der Waals surface area contributed by atoms with E-state index in [0.29, 0.717) is 0 Å². The van der Waals surface area contributed by atoms with Crippen LogP contribution in [0.3, 0.4) is 0 Å². The van der Waals surface area contributed by atoms with Gasteiger partial charge in [-0.15, -0.1) is 0 Å². The molecular formula is C21H39LiO4. The van der Waals surface area contributed by atoms with Gasteiger partial charge in [0.25, 0.3) is 0 Å².